The number of nitrogens with one attached hydrogen (secondary N) is 1. The van der Waals surface area contributed by atoms with E-state index < -0.39 is 0 Å². The second-order valence-corrected chi connectivity index (χ2v) is 1.19. The van der Waals surface area contributed by atoms with Crippen LogP contribution in [0.1, 0.15) is 0 Å². The van der Waals surface area contributed by atoms with Crippen molar-refractivity contribution in [1.29, 1.82) is 0 Å². The third-order valence-corrected chi connectivity index (χ3v) is 0.643. The van der Waals surface area contributed by atoms with Gasteiger partial charge in [0.15, 0.2) is 5.78 Å². The Balaban J connectivity index is 2.37. The quantitative estimate of drug-likeness (QED) is 0.396. The summed E-state index contributed by atoms with van der Waals surface area (Å²) in [5.41, 5.74) is 6.11. The Kier molecular flexibility index (Phi) is 0.856. The van der Waals surface area contributed by atoms with Crippen LogP contribution < -0.4 is 10.9 Å². The van der Waals surface area contributed by atoms with Crippen molar-refractivity contribution in [2.24, 2.45) is 0 Å². The van der Waals surface area contributed by atoms with Gasteiger partial charge < -0.3 is 0 Å². The second kappa shape index (κ2) is 1.36. The Morgan fingerprint density at radius 2 is 2.67 bits per heavy atom. The van der Waals surface area contributed by atoms with Gasteiger partial charge in [0.2, 0.25) is 0 Å². The number of Topliss-reactive ketones (excluding diaryl/α,β-unsaturated/α-hetero) is 1. The molecule has 1 aliphatic rings. The van der Waals surface area contributed by atoms with E-state index in [1.807, 2.05) is 0 Å². The van der Waals surface area contributed by atoms with Gasteiger partial charge in [-0.1, -0.05) is 0 Å². The molecule has 1 aliphatic heterocycles. The Bertz CT molecular complexity index is 63.2. The molecule has 0 aromatic heterocycles. The summed E-state index contributed by atoms with van der Waals surface area (Å²) in [7, 11) is 0. The van der Waals surface area contributed by atoms with Crippen molar-refractivity contribution in [1.82, 2.24) is 10.9 Å². The summed E-state index contributed by atoms with van der Waals surface area (Å²) in [5, 5.41) is 0. The molecule has 0 amide bonds. The molecule has 0 aromatic rings. The monoisotopic (exact) mass is 85.0 g/mol. The lowest BCUT2D eigenvalue weighted by molar-refractivity contribution is -0.115. The zero-order valence-corrected chi connectivity index (χ0v) is 3.27. The van der Waals surface area contributed by atoms with E-state index >= 15 is 0 Å². The van der Waals surface area contributed by atoms with Gasteiger partial charge in [0.05, 0.1) is 13.1 Å². The zero-order chi connectivity index (χ0) is 4.41. The minimum atomic E-state index is 0.176. The highest BCUT2D eigenvalue weighted by molar-refractivity contribution is 5.83. The van der Waals surface area contributed by atoms with Crippen LogP contribution in [0.4, 0.5) is 0 Å². The lowest BCUT2D eigenvalue weighted by Gasteiger charge is -1.74. The maximum absolute atomic E-state index is 10.1. The highest BCUT2D eigenvalue weighted by atomic mass is 16.1. The SMILES string of the molecule is O=C1C[N]NC1. The van der Waals surface area contributed by atoms with Gasteiger partial charge in [-0.25, -0.2) is 5.43 Å². The van der Waals surface area contributed by atoms with Crippen LogP contribution in [0.5, 0.6) is 0 Å². The minimum absolute atomic E-state index is 0.176. The van der Waals surface area contributed by atoms with Crippen LogP contribution in [0.3, 0.4) is 0 Å². The van der Waals surface area contributed by atoms with E-state index in [-0.39, 0.29) is 5.78 Å². The molecule has 6 heavy (non-hydrogen) atoms. The molecule has 1 rings (SSSR count). The summed E-state index contributed by atoms with van der Waals surface area (Å²) in [6.07, 6.45) is 0. The van der Waals surface area contributed by atoms with Gasteiger partial charge in [0.1, 0.15) is 0 Å². The van der Waals surface area contributed by atoms with E-state index in [0.717, 1.165) is 0 Å². The molecule has 3 heteroatoms. The average molecular weight is 85.1 g/mol. The largest absolute Gasteiger partial charge is 0.297 e. The highest BCUT2D eigenvalue weighted by Crippen LogP contribution is 1.72. The minimum Gasteiger partial charge on any atom is -0.297 e. The predicted molar refractivity (Wildman–Crippen MR) is 20.0 cm³/mol. The van der Waals surface area contributed by atoms with Crippen molar-refractivity contribution in [2.75, 3.05) is 13.1 Å². The first kappa shape index (κ1) is 3.77. The molecule has 1 radical (unpaired) electrons. The molecular weight excluding hydrogens is 80.0 g/mol. The second-order valence-electron chi connectivity index (χ2n) is 1.19. The maximum atomic E-state index is 10.1. The summed E-state index contributed by atoms with van der Waals surface area (Å²) >= 11 is 0. The van der Waals surface area contributed by atoms with Crippen molar-refractivity contribution < 1.29 is 4.79 Å². The highest BCUT2D eigenvalue weighted by Gasteiger charge is 2.07. The first-order valence-electron chi connectivity index (χ1n) is 1.80. The van der Waals surface area contributed by atoms with Gasteiger partial charge >= 0.3 is 0 Å². The van der Waals surface area contributed by atoms with Crippen LogP contribution in [-0.4, -0.2) is 18.9 Å². The molecular formula is C3H5N2O. The molecule has 0 unspecified atom stereocenters. The van der Waals surface area contributed by atoms with Gasteiger partial charge in [-0.3, -0.25) is 4.79 Å². The van der Waals surface area contributed by atoms with E-state index in [9.17, 15) is 4.79 Å². The summed E-state index contributed by atoms with van der Waals surface area (Å²) in [5.74, 6) is 0.176. The fraction of sp³-hybridized carbons (Fsp3) is 0.667. The van der Waals surface area contributed by atoms with E-state index in [2.05, 4.69) is 10.9 Å². The molecule has 0 atom stereocenters. The van der Waals surface area contributed by atoms with Crippen LogP contribution in [0.15, 0.2) is 0 Å². The Labute approximate surface area is 35.7 Å². The molecule has 1 fully saturated rings. The normalized spacial score (nSPS) is 22.3. The topological polar surface area (TPSA) is 43.2 Å². The van der Waals surface area contributed by atoms with Crippen LogP contribution in [-0.2, 0) is 4.79 Å². The zero-order valence-electron chi connectivity index (χ0n) is 3.27. The number of carbonyl (C=O) groups excluding carboxylic acids is 1. The maximum Gasteiger partial charge on any atom is 0.165 e. The van der Waals surface area contributed by atoms with Gasteiger partial charge in [-0.15, -0.1) is 0 Å². The van der Waals surface area contributed by atoms with Crippen molar-refractivity contribution >= 4 is 5.78 Å². The number of rotatable bonds is 0. The standard InChI is InChI=1S/C3H5N2O/c6-3-1-4-5-2-3/h4H,1-2H2. The van der Waals surface area contributed by atoms with Crippen LogP contribution in [0.25, 0.3) is 0 Å². The number of hydrogen-bond donors (Lipinski definition) is 1. The molecule has 33 valence electrons. The molecule has 3 nitrogen and oxygen atoms in total. The van der Waals surface area contributed by atoms with E-state index in [1.54, 1.807) is 0 Å². The third kappa shape index (κ3) is 0.555. The van der Waals surface area contributed by atoms with E-state index in [1.165, 1.54) is 0 Å². The average Bonchev–Trinajstić information content (AvgIpc) is 1.86. The Hall–Kier alpha value is -0.410. The number of hydrogen-bond acceptors (Lipinski definition) is 2. The molecule has 0 aliphatic carbocycles. The molecule has 1 saturated heterocycles. The number of nitrogens with zero attached hydrogens (tertiary/aromatic N) is 1. The van der Waals surface area contributed by atoms with Crippen LogP contribution >= 0.6 is 0 Å². The lowest BCUT2D eigenvalue weighted by Crippen LogP contribution is -2.13. The summed E-state index contributed by atoms with van der Waals surface area (Å²) in [6.45, 7) is 0.792. The van der Waals surface area contributed by atoms with Crippen molar-refractivity contribution in [3.63, 3.8) is 0 Å². The summed E-state index contributed by atoms with van der Waals surface area (Å²) in [4.78, 5) is 10.1. The molecule has 0 spiro atoms. The Morgan fingerprint density at radius 1 is 1.83 bits per heavy atom. The van der Waals surface area contributed by atoms with Gasteiger partial charge in [0, 0.05) is 0 Å². The molecule has 1 heterocycles. The predicted octanol–water partition coefficient (Wildman–Crippen LogP) is -1.32. The van der Waals surface area contributed by atoms with Crippen molar-refractivity contribution in [3.05, 3.63) is 0 Å². The van der Waals surface area contributed by atoms with E-state index in [4.69, 9.17) is 0 Å². The molecule has 0 saturated carbocycles. The fourth-order valence-corrected chi connectivity index (χ4v) is 0.344. The van der Waals surface area contributed by atoms with Crippen molar-refractivity contribution in [2.45, 2.75) is 0 Å². The first-order valence-corrected chi connectivity index (χ1v) is 1.80. The van der Waals surface area contributed by atoms with Gasteiger partial charge in [-0.2, -0.15) is 5.43 Å². The summed E-state index contributed by atoms with van der Waals surface area (Å²) in [6, 6.07) is 0. The molecule has 0 bridgehead atoms. The van der Waals surface area contributed by atoms with Gasteiger partial charge in [-0.05, 0) is 0 Å². The van der Waals surface area contributed by atoms with Crippen molar-refractivity contribution in [3.8, 4) is 0 Å². The first-order chi connectivity index (χ1) is 2.89. The summed E-state index contributed by atoms with van der Waals surface area (Å²) < 4.78 is 0. The van der Waals surface area contributed by atoms with Crippen LogP contribution in [0.2, 0.25) is 0 Å². The van der Waals surface area contributed by atoms with Gasteiger partial charge in [0.25, 0.3) is 0 Å². The fourth-order valence-electron chi connectivity index (χ4n) is 0.344. The molecule has 1 N–H and O–H groups in total. The van der Waals surface area contributed by atoms with Crippen LogP contribution in [0, 0.1) is 0 Å². The Morgan fingerprint density at radius 3 is 2.83 bits per heavy atom. The van der Waals surface area contributed by atoms with E-state index in [0.29, 0.717) is 13.1 Å². The molecule has 0 aromatic carbocycles. The smallest absolute Gasteiger partial charge is 0.165 e. The lowest BCUT2D eigenvalue weighted by atomic mass is 10.4. The number of ketones is 1. The number of carbonyl (C=O) groups is 1. The third-order valence-electron chi connectivity index (χ3n) is 0.643.